The Bertz CT molecular complexity index is 79.6. The second-order valence-electron chi connectivity index (χ2n) is 3.20. The molecule has 0 aromatic rings. The van der Waals surface area contributed by atoms with E-state index in [1.807, 2.05) is 0 Å². The monoisotopic (exact) mass is 165 g/mol. The Morgan fingerprint density at radius 2 is 2.00 bits per heavy atom. The van der Waals surface area contributed by atoms with E-state index in [2.05, 4.69) is 31.5 Å². The Morgan fingerprint density at radius 1 is 1.56 bits per heavy atom. The van der Waals surface area contributed by atoms with Crippen molar-refractivity contribution in [3.8, 4) is 0 Å². The van der Waals surface area contributed by atoms with Crippen molar-refractivity contribution in [1.82, 2.24) is 0 Å². The lowest BCUT2D eigenvalue weighted by molar-refractivity contribution is 0.255. The molecule has 1 radical (unpaired) electrons. The van der Waals surface area contributed by atoms with Gasteiger partial charge in [-0.3, -0.25) is 0 Å². The van der Waals surface area contributed by atoms with Gasteiger partial charge in [-0.05, 0) is 0 Å². The summed E-state index contributed by atoms with van der Waals surface area (Å²) in [5, 5.41) is 0.190. The molecule has 0 aliphatic heterocycles. The Labute approximate surface area is 63.4 Å². The minimum absolute atomic E-state index is 0.190. The second-order valence-corrected chi connectivity index (χ2v) is 9.53. The largest absolute Gasteiger partial charge is 0.378 e. The molecule has 0 saturated carbocycles. The second kappa shape index (κ2) is 3.59. The van der Waals surface area contributed by atoms with Crippen LogP contribution < -0.4 is 0 Å². The topological polar surface area (TPSA) is 9.23 Å². The van der Waals surface area contributed by atoms with E-state index in [9.17, 15) is 0 Å². The summed E-state index contributed by atoms with van der Waals surface area (Å²) in [5.74, 6) is 0. The summed E-state index contributed by atoms with van der Waals surface area (Å²) >= 11 is 5.95. The average Bonchev–Trinajstić information content (AvgIpc) is 1.64. The maximum absolute atomic E-state index is 5.95. The Morgan fingerprint density at radius 3 is 2.11 bits per heavy atom. The highest BCUT2D eigenvalue weighted by Gasteiger charge is 2.23. The van der Waals surface area contributed by atoms with Crippen molar-refractivity contribution in [1.29, 1.82) is 0 Å². The molecule has 3 heteroatoms. The molecule has 55 valence electrons. The predicted octanol–water partition coefficient (Wildman–Crippen LogP) is 2.28. The van der Waals surface area contributed by atoms with Crippen molar-refractivity contribution in [2.24, 2.45) is 0 Å². The molecule has 0 saturated heterocycles. The summed E-state index contributed by atoms with van der Waals surface area (Å²) in [5.41, 5.74) is 0. The molecule has 0 fully saturated rings. The van der Waals surface area contributed by atoms with Crippen LogP contribution in [0, 0.1) is 7.11 Å². The van der Waals surface area contributed by atoms with Crippen LogP contribution >= 0.6 is 11.6 Å². The number of hydrogen-bond acceptors (Lipinski definition) is 1. The summed E-state index contributed by atoms with van der Waals surface area (Å²) in [6, 6.07) is 0. The van der Waals surface area contributed by atoms with Gasteiger partial charge >= 0.3 is 0 Å². The summed E-state index contributed by atoms with van der Waals surface area (Å²) in [4.78, 5) is 0. The molecule has 0 aliphatic carbocycles. The highest BCUT2D eigenvalue weighted by molar-refractivity contribution is 6.83. The van der Waals surface area contributed by atoms with Crippen molar-refractivity contribution >= 4 is 19.7 Å². The molecule has 0 aromatic heterocycles. The minimum atomic E-state index is -1.18. The molecule has 0 aliphatic rings. The fourth-order valence-electron chi connectivity index (χ4n) is 0.353. The smallest absolute Gasteiger partial charge is 0.0701 e. The Hall–Kier alpha value is 0.467. The zero-order valence-electron chi connectivity index (χ0n) is 6.28. The van der Waals surface area contributed by atoms with E-state index >= 15 is 0 Å². The molecular formula is C6H14ClOSi. The maximum Gasteiger partial charge on any atom is 0.0701 e. The molecule has 0 spiro atoms. The van der Waals surface area contributed by atoms with E-state index in [-0.39, 0.29) is 5.00 Å². The lowest BCUT2D eigenvalue weighted by atomic mass is 10.8. The van der Waals surface area contributed by atoms with Crippen molar-refractivity contribution in [2.45, 2.75) is 24.6 Å². The van der Waals surface area contributed by atoms with Gasteiger partial charge in [-0.15, -0.1) is 11.6 Å². The van der Waals surface area contributed by atoms with Gasteiger partial charge in [0.05, 0.1) is 21.8 Å². The van der Waals surface area contributed by atoms with E-state index in [1.165, 1.54) is 0 Å². The molecule has 1 atom stereocenters. The van der Waals surface area contributed by atoms with Gasteiger partial charge in [0.2, 0.25) is 0 Å². The van der Waals surface area contributed by atoms with Crippen LogP contribution in [0.5, 0.6) is 0 Å². The normalized spacial score (nSPS) is 15.7. The van der Waals surface area contributed by atoms with Gasteiger partial charge in [-0.1, -0.05) is 19.6 Å². The van der Waals surface area contributed by atoms with Crippen molar-refractivity contribution in [2.75, 3.05) is 6.61 Å². The molecule has 0 amide bonds. The van der Waals surface area contributed by atoms with Crippen LogP contribution in [0.25, 0.3) is 0 Å². The Balaban J connectivity index is 3.59. The average molecular weight is 166 g/mol. The van der Waals surface area contributed by atoms with Crippen molar-refractivity contribution in [3.05, 3.63) is 7.11 Å². The number of ether oxygens (including phenoxy) is 1. The van der Waals surface area contributed by atoms with Gasteiger partial charge in [0, 0.05) is 5.00 Å². The zero-order valence-corrected chi connectivity index (χ0v) is 8.03. The first kappa shape index (κ1) is 9.47. The number of halogens is 1. The predicted molar refractivity (Wildman–Crippen MR) is 44.3 cm³/mol. The van der Waals surface area contributed by atoms with Gasteiger partial charge in [-0.2, -0.15) is 0 Å². The fraction of sp³-hybridized carbons (Fsp3) is 0.833. The van der Waals surface area contributed by atoms with Gasteiger partial charge in [0.25, 0.3) is 0 Å². The van der Waals surface area contributed by atoms with E-state index < -0.39 is 8.07 Å². The Kier molecular flexibility index (Phi) is 3.78. The third-order valence-corrected chi connectivity index (χ3v) is 5.34. The highest BCUT2D eigenvalue weighted by atomic mass is 35.5. The third kappa shape index (κ3) is 3.95. The molecule has 1 unspecified atom stereocenters. The molecular weight excluding hydrogens is 152 g/mol. The molecule has 0 aromatic carbocycles. The number of hydrogen-bond donors (Lipinski definition) is 0. The van der Waals surface area contributed by atoms with Crippen molar-refractivity contribution in [3.63, 3.8) is 0 Å². The SMILES string of the molecule is [CH2]OCC(Cl)[Si](C)(C)C. The van der Waals surface area contributed by atoms with E-state index in [1.54, 1.807) is 0 Å². The highest BCUT2D eigenvalue weighted by Crippen LogP contribution is 2.13. The van der Waals surface area contributed by atoms with E-state index in [0.29, 0.717) is 6.61 Å². The van der Waals surface area contributed by atoms with E-state index in [0.717, 1.165) is 0 Å². The molecule has 0 N–H and O–H groups in total. The molecule has 1 nitrogen and oxygen atoms in total. The number of rotatable bonds is 3. The van der Waals surface area contributed by atoms with Crippen LogP contribution in [-0.4, -0.2) is 19.7 Å². The van der Waals surface area contributed by atoms with E-state index in [4.69, 9.17) is 11.6 Å². The number of alkyl halides is 1. The summed E-state index contributed by atoms with van der Waals surface area (Å²) < 4.78 is 4.68. The quantitative estimate of drug-likeness (QED) is 0.461. The van der Waals surface area contributed by atoms with Gasteiger partial charge in [-0.25, -0.2) is 0 Å². The van der Waals surface area contributed by atoms with Crippen molar-refractivity contribution < 1.29 is 4.74 Å². The molecule has 0 heterocycles. The summed E-state index contributed by atoms with van der Waals surface area (Å²) in [7, 11) is 2.10. The fourth-order valence-corrected chi connectivity index (χ4v) is 1.06. The summed E-state index contributed by atoms with van der Waals surface area (Å²) in [6.45, 7) is 7.22. The minimum Gasteiger partial charge on any atom is -0.378 e. The van der Waals surface area contributed by atoms with Crippen LogP contribution in [0.2, 0.25) is 19.6 Å². The van der Waals surface area contributed by atoms with Crippen LogP contribution in [0.3, 0.4) is 0 Å². The van der Waals surface area contributed by atoms with Crippen LogP contribution in [0.4, 0.5) is 0 Å². The van der Waals surface area contributed by atoms with Gasteiger partial charge in [0.1, 0.15) is 0 Å². The molecule has 0 bridgehead atoms. The zero-order chi connectivity index (χ0) is 7.49. The first-order valence-electron chi connectivity index (χ1n) is 2.99. The van der Waals surface area contributed by atoms with Gasteiger partial charge < -0.3 is 4.74 Å². The van der Waals surface area contributed by atoms with Gasteiger partial charge in [0.15, 0.2) is 0 Å². The van der Waals surface area contributed by atoms with Crippen LogP contribution in [0.1, 0.15) is 0 Å². The molecule has 9 heavy (non-hydrogen) atoms. The first-order valence-corrected chi connectivity index (χ1v) is 7.01. The molecule has 0 rings (SSSR count). The maximum atomic E-state index is 5.95. The lowest BCUT2D eigenvalue weighted by Gasteiger charge is -2.21. The summed E-state index contributed by atoms with van der Waals surface area (Å²) in [6.07, 6.45) is 0. The van der Waals surface area contributed by atoms with Crippen LogP contribution in [-0.2, 0) is 4.74 Å². The lowest BCUT2D eigenvalue weighted by Crippen LogP contribution is -2.36. The third-order valence-electron chi connectivity index (χ3n) is 1.20. The first-order chi connectivity index (χ1) is 3.98. The van der Waals surface area contributed by atoms with Crippen LogP contribution in [0.15, 0.2) is 0 Å². The standard InChI is InChI=1S/C6H14ClOSi/c1-8-5-6(7)9(2,3)4/h6H,1,5H2,2-4H3.